The molecule has 0 aromatic heterocycles. The van der Waals surface area contributed by atoms with Crippen LogP contribution < -0.4 is 10.6 Å². The summed E-state index contributed by atoms with van der Waals surface area (Å²) in [4.78, 5) is 0. The molecular weight excluding hydrogens is 208 g/mol. The van der Waals surface area contributed by atoms with Crippen molar-refractivity contribution >= 4 is 0 Å². The molecule has 2 nitrogen and oxygen atoms in total. The zero-order valence-corrected chi connectivity index (χ0v) is 12.1. The SMILES string of the molecule is CCCC=C(NCCCCC)NCCCCC. The van der Waals surface area contributed by atoms with E-state index in [0.29, 0.717) is 0 Å². The quantitative estimate of drug-likeness (QED) is 0.500. The first-order chi connectivity index (χ1) is 8.35. The van der Waals surface area contributed by atoms with Crippen LogP contribution in [0.2, 0.25) is 0 Å². The second kappa shape index (κ2) is 13.4. The Balaban J connectivity index is 3.72. The molecule has 0 spiro atoms. The summed E-state index contributed by atoms with van der Waals surface area (Å²) in [5, 5.41) is 7.03. The van der Waals surface area contributed by atoms with Crippen molar-refractivity contribution in [3.63, 3.8) is 0 Å². The molecule has 0 atom stereocenters. The Morgan fingerprint density at radius 2 is 1.29 bits per heavy atom. The number of nitrogens with one attached hydrogen (secondary N) is 2. The molecule has 0 rings (SSSR count). The molecule has 0 unspecified atom stereocenters. The van der Waals surface area contributed by atoms with Gasteiger partial charge >= 0.3 is 0 Å². The van der Waals surface area contributed by atoms with Gasteiger partial charge in [-0.25, -0.2) is 0 Å². The van der Waals surface area contributed by atoms with E-state index >= 15 is 0 Å². The third-order valence-electron chi connectivity index (χ3n) is 2.83. The fourth-order valence-corrected chi connectivity index (χ4v) is 1.69. The van der Waals surface area contributed by atoms with Crippen LogP contribution in [0.5, 0.6) is 0 Å². The molecule has 0 saturated carbocycles. The van der Waals surface area contributed by atoms with E-state index in [0.717, 1.165) is 19.5 Å². The summed E-state index contributed by atoms with van der Waals surface area (Å²) in [5.74, 6) is 1.25. The van der Waals surface area contributed by atoms with Gasteiger partial charge in [-0.3, -0.25) is 0 Å². The minimum atomic E-state index is 1.10. The highest BCUT2D eigenvalue weighted by Gasteiger charge is 1.95. The van der Waals surface area contributed by atoms with Gasteiger partial charge < -0.3 is 10.6 Å². The van der Waals surface area contributed by atoms with Gasteiger partial charge in [-0.2, -0.15) is 0 Å². The van der Waals surface area contributed by atoms with Crippen molar-refractivity contribution in [2.45, 2.75) is 72.1 Å². The van der Waals surface area contributed by atoms with Crippen LogP contribution in [0.15, 0.2) is 11.9 Å². The zero-order valence-electron chi connectivity index (χ0n) is 12.1. The average Bonchev–Trinajstić information content (AvgIpc) is 2.35. The highest BCUT2D eigenvalue weighted by molar-refractivity contribution is 4.96. The molecule has 0 aliphatic heterocycles. The molecule has 17 heavy (non-hydrogen) atoms. The smallest absolute Gasteiger partial charge is 0.0945 e. The monoisotopic (exact) mass is 240 g/mol. The Labute approximate surface area is 108 Å². The van der Waals surface area contributed by atoms with Gasteiger partial charge in [-0.1, -0.05) is 52.9 Å². The van der Waals surface area contributed by atoms with Gasteiger partial charge in [-0.05, 0) is 25.3 Å². The second-order valence-corrected chi connectivity index (χ2v) is 4.67. The molecule has 0 saturated heterocycles. The molecule has 2 N–H and O–H groups in total. The van der Waals surface area contributed by atoms with Gasteiger partial charge in [0.15, 0.2) is 0 Å². The van der Waals surface area contributed by atoms with E-state index < -0.39 is 0 Å². The molecule has 102 valence electrons. The highest BCUT2D eigenvalue weighted by atomic mass is 15.1. The normalized spacial score (nSPS) is 10.1. The lowest BCUT2D eigenvalue weighted by Crippen LogP contribution is -2.28. The fourth-order valence-electron chi connectivity index (χ4n) is 1.69. The van der Waals surface area contributed by atoms with Crippen molar-refractivity contribution < 1.29 is 0 Å². The maximum atomic E-state index is 3.52. The minimum Gasteiger partial charge on any atom is -0.372 e. The van der Waals surface area contributed by atoms with E-state index in [9.17, 15) is 0 Å². The molecule has 0 amide bonds. The lowest BCUT2D eigenvalue weighted by molar-refractivity contribution is 0.599. The van der Waals surface area contributed by atoms with Gasteiger partial charge in [0.2, 0.25) is 0 Å². The third-order valence-corrected chi connectivity index (χ3v) is 2.83. The molecular formula is C15H32N2. The van der Waals surface area contributed by atoms with Crippen molar-refractivity contribution in [2.75, 3.05) is 13.1 Å². The van der Waals surface area contributed by atoms with E-state index in [1.54, 1.807) is 0 Å². The standard InChI is InChI=1S/C15H32N2/c1-4-7-10-13-16-15(12-9-6-3)17-14-11-8-5-2/h12,16-17H,4-11,13-14H2,1-3H3. The van der Waals surface area contributed by atoms with Crippen LogP contribution in [0.25, 0.3) is 0 Å². The van der Waals surface area contributed by atoms with Crippen LogP contribution in [0.3, 0.4) is 0 Å². The van der Waals surface area contributed by atoms with E-state index in [4.69, 9.17) is 0 Å². The Morgan fingerprint density at radius 3 is 1.71 bits per heavy atom. The Hall–Kier alpha value is -0.660. The van der Waals surface area contributed by atoms with E-state index in [-0.39, 0.29) is 0 Å². The number of allylic oxidation sites excluding steroid dienone is 1. The van der Waals surface area contributed by atoms with Crippen LogP contribution in [-0.2, 0) is 0 Å². The number of hydrogen-bond donors (Lipinski definition) is 2. The number of unbranched alkanes of at least 4 members (excludes halogenated alkanes) is 5. The maximum Gasteiger partial charge on any atom is 0.0945 e. The summed E-state index contributed by atoms with van der Waals surface area (Å²) >= 11 is 0. The van der Waals surface area contributed by atoms with Crippen molar-refractivity contribution in [3.05, 3.63) is 11.9 Å². The topological polar surface area (TPSA) is 24.1 Å². The maximum absolute atomic E-state index is 3.52. The molecule has 0 aromatic rings. The predicted molar refractivity (Wildman–Crippen MR) is 78.0 cm³/mol. The lowest BCUT2D eigenvalue weighted by atomic mass is 10.2. The summed E-state index contributed by atoms with van der Waals surface area (Å²) in [5.41, 5.74) is 0. The fraction of sp³-hybridized carbons (Fsp3) is 0.867. The molecule has 2 heteroatoms. The molecule has 0 heterocycles. The summed E-state index contributed by atoms with van der Waals surface area (Å²) in [7, 11) is 0. The first kappa shape index (κ1) is 16.3. The van der Waals surface area contributed by atoms with Crippen molar-refractivity contribution in [1.29, 1.82) is 0 Å². The zero-order chi connectivity index (χ0) is 12.8. The average molecular weight is 240 g/mol. The first-order valence-corrected chi connectivity index (χ1v) is 7.53. The lowest BCUT2D eigenvalue weighted by Gasteiger charge is -2.13. The molecule has 0 aliphatic rings. The second-order valence-electron chi connectivity index (χ2n) is 4.67. The van der Waals surface area contributed by atoms with E-state index in [2.05, 4.69) is 37.5 Å². The molecule has 0 aromatic carbocycles. The summed E-state index contributed by atoms with van der Waals surface area (Å²) in [6, 6.07) is 0. The van der Waals surface area contributed by atoms with Crippen LogP contribution >= 0.6 is 0 Å². The first-order valence-electron chi connectivity index (χ1n) is 7.53. The van der Waals surface area contributed by atoms with Gasteiger partial charge in [-0.15, -0.1) is 0 Å². The van der Waals surface area contributed by atoms with Crippen LogP contribution in [0, 0.1) is 0 Å². The largest absolute Gasteiger partial charge is 0.372 e. The summed E-state index contributed by atoms with van der Waals surface area (Å²) in [6.07, 6.45) is 12.5. The summed E-state index contributed by atoms with van der Waals surface area (Å²) in [6.45, 7) is 8.92. The summed E-state index contributed by atoms with van der Waals surface area (Å²) < 4.78 is 0. The van der Waals surface area contributed by atoms with Crippen molar-refractivity contribution in [1.82, 2.24) is 10.6 Å². The van der Waals surface area contributed by atoms with Crippen LogP contribution in [0.4, 0.5) is 0 Å². The molecule has 0 fully saturated rings. The Bertz CT molecular complexity index is 162. The Morgan fingerprint density at radius 1 is 0.765 bits per heavy atom. The van der Waals surface area contributed by atoms with Crippen molar-refractivity contribution in [2.24, 2.45) is 0 Å². The van der Waals surface area contributed by atoms with Crippen LogP contribution in [-0.4, -0.2) is 13.1 Å². The predicted octanol–water partition coefficient (Wildman–Crippen LogP) is 4.19. The Kier molecular flexibility index (Phi) is 12.9. The number of rotatable bonds is 12. The van der Waals surface area contributed by atoms with Gasteiger partial charge in [0.1, 0.15) is 0 Å². The minimum absolute atomic E-state index is 1.10. The number of hydrogen-bond acceptors (Lipinski definition) is 2. The third kappa shape index (κ3) is 11.6. The molecule has 0 bridgehead atoms. The highest BCUT2D eigenvalue weighted by Crippen LogP contribution is 1.97. The van der Waals surface area contributed by atoms with Gasteiger partial charge in [0.05, 0.1) is 5.82 Å². The van der Waals surface area contributed by atoms with Gasteiger partial charge in [0.25, 0.3) is 0 Å². The van der Waals surface area contributed by atoms with Crippen LogP contribution in [0.1, 0.15) is 72.1 Å². The molecule has 0 aliphatic carbocycles. The van der Waals surface area contributed by atoms with E-state index in [1.165, 1.54) is 50.8 Å². The van der Waals surface area contributed by atoms with E-state index in [1.807, 2.05) is 0 Å². The molecule has 0 radical (unpaired) electrons. The van der Waals surface area contributed by atoms with Gasteiger partial charge in [0, 0.05) is 13.1 Å². The van der Waals surface area contributed by atoms with Crippen molar-refractivity contribution in [3.8, 4) is 0 Å².